The number of carbonyl (C=O) groups is 3. The molecule has 0 radical (unpaired) electrons. The highest BCUT2D eigenvalue weighted by atomic mass is 16.2. The van der Waals surface area contributed by atoms with Gasteiger partial charge in [0.2, 0.25) is 5.91 Å². The van der Waals surface area contributed by atoms with Crippen molar-refractivity contribution in [2.24, 2.45) is 11.3 Å². The Morgan fingerprint density at radius 3 is 2.55 bits per heavy atom. The Labute approximate surface area is 194 Å². The van der Waals surface area contributed by atoms with Gasteiger partial charge in [-0.15, -0.1) is 0 Å². The second kappa shape index (κ2) is 8.32. The first-order valence-corrected chi connectivity index (χ1v) is 11.5. The number of aryl methyl sites for hydroxylation is 1. The lowest BCUT2D eigenvalue weighted by Gasteiger charge is -2.43. The number of carbonyl (C=O) groups excluding carboxylic acids is 3. The van der Waals surface area contributed by atoms with E-state index in [9.17, 15) is 14.4 Å². The highest BCUT2D eigenvalue weighted by molar-refractivity contribution is 6.09. The summed E-state index contributed by atoms with van der Waals surface area (Å²) in [5, 5.41) is 10.4. The van der Waals surface area contributed by atoms with E-state index in [1.165, 1.54) is 0 Å². The summed E-state index contributed by atoms with van der Waals surface area (Å²) in [6, 6.07) is 9.32. The Morgan fingerprint density at radius 2 is 1.88 bits per heavy atom. The number of nitrogens with zero attached hydrogens (tertiary/aromatic N) is 3. The fourth-order valence-corrected chi connectivity index (χ4v) is 5.79. The Hall–Kier alpha value is -3.16. The number of hydrogen-bond acceptors (Lipinski definition) is 4. The van der Waals surface area contributed by atoms with Gasteiger partial charge in [0, 0.05) is 17.8 Å². The fourth-order valence-electron chi connectivity index (χ4n) is 5.79. The van der Waals surface area contributed by atoms with Crippen LogP contribution in [-0.4, -0.2) is 44.6 Å². The molecule has 1 saturated carbocycles. The van der Waals surface area contributed by atoms with Crippen LogP contribution in [0.3, 0.4) is 0 Å². The van der Waals surface area contributed by atoms with Crippen LogP contribution in [-0.2, 0) is 16.1 Å². The Bertz CT molecular complexity index is 1090. The molecule has 1 saturated heterocycles. The summed E-state index contributed by atoms with van der Waals surface area (Å²) in [4.78, 5) is 39.7. The normalized spacial score (nSPS) is 24.3. The molecule has 1 aromatic heterocycles. The van der Waals surface area contributed by atoms with E-state index >= 15 is 0 Å². The van der Waals surface area contributed by atoms with Crippen LogP contribution in [0.2, 0.25) is 0 Å². The molecule has 2 fully saturated rings. The molecule has 2 heterocycles. The van der Waals surface area contributed by atoms with Gasteiger partial charge < -0.3 is 10.6 Å². The summed E-state index contributed by atoms with van der Waals surface area (Å²) in [5.74, 6) is -0.338. The van der Waals surface area contributed by atoms with Gasteiger partial charge in [-0.3, -0.25) is 14.5 Å². The largest absolute Gasteiger partial charge is 0.350 e. The number of urea groups is 1. The lowest BCUT2D eigenvalue weighted by atomic mass is 9.64. The number of imide groups is 1. The number of rotatable bonds is 5. The van der Waals surface area contributed by atoms with Crippen molar-refractivity contribution in [3.8, 4) is 5.69 Å². The highest BCUT2D eigenvalue weighted by Gasteiger charge is 2.56. The van der Waals surface area contributed by atoms with Gasteiger partial charge in [0.25, 0.3) is 5.91 Å². The Kier molecular flexibility index (Phi) is 5.80. The SMILES string of the molecule is Cc1nn(-c2ccccc2)c(C)c1CNC(=O)CN1C(=O)N[C@]2(C[C@H](C)CC(C)(C)C2)C1=O. The molecule has 2 N–H and O–H groups in total. The first kappa shape index (κ1) is 23.0. The lowest BCUT2D eigenvalue weighted by Crippen LogP contribution is -2.54. The molecule has 33 heavy (non-hydrogen) atoms. The van der Waals surface area contributed by atoms with Crippen molar-refractivity contribution in [2.75, 3.05) is 6.54 Å². The molecule has 176 valence electrons. The number of nitrogens with one attached hydrogen (secondary N) is 2. The smallest absolute Gasteiger partial charge is 0.325 e. The number of benzene rings is 1. The van der Waals surface area contributed by atoms with Crippen LogP contribution in [0.25, 0.3) is 5.69 Å². The number of hydrogen-bond donors (Lipinski definition) is 2. The standard InChI is InChI=1S/C25H33N5O3/c1-16-11-24(4,5)15-25(12-16)22(32)29(23(33)27-25)14-21(31)26-13-20-17(2)28-30(18(20)3)19-9-7-6-8-10-19/h6-10,16H,11-15H2,1-5H3,(H,26,31)(H,27,33)/t16-,25+/m1/s1. The highest BCUT2D eigenvalue weighted by Crippen LogP contribution is 2.46. The molecule has 2 aliphatic rings. The molecule has 1 aliphatic carbocycles. The molecule has 8 heteroatoms. The molecule has 4 amide bonds. The Morgan fingerprint density at radius 1 is 1.18 bits per heavy atom. The van der Waals surface area contributed by atoms with Crippen LogP contribution in [0, 0.1) is 25.2 Å². The topological polar surface area (TPSA) is 96.3 Å². The van der Waals surface area contributed by atoms with E-state index in [1.54, 1.807) is 0 Å². The molecular formula is C25H33N5O3. The average molecular weight is 452 g/mol. The van der Waals surface area contributed by atoms with Crippen LogP contribution in [0.4, 0.5) is 4.79 Å². The predicted molar refractivity (Wildman–Crippen MR) is 125 cm³/mol. The molecule has 0 unspecified atom stereocenters. The molecule has 1 aliphatic heterocycles. The molecule has 2 atom stereocenters. The van der Waals surface area contributed by atoms with Crippen LogP contribution < -0.4 is 10.6 Å². The number of para-hydroxylation sites is 1. The molecule has 4 rings (SSSR count). The van der Waals surface area contributed by atoms with Gasteiger partial charge in [0.1, 0.15) is 12.1 Å². The van der Waals surface area contributed by atoms with E-state index in [4.69, 9.17) is 0 Å². The summed E-state index contributed by atoms with van der Waals surface area (Å²) < 4.78 is 1.85. The third-order valence-corrected chi connectivity index (χ3v) is 6.83. The van der Waals surface area contributed by atoms with E-state index in [2.05, 4.69) is 36.5 Å². The van der Waals surface area contributed by atoms with E-state index < -0.39 is 11.6 Å². The predicted octanol–water partition coefficient (Wildman–Crippen LogP) is 3.24. The van der Waals surface area contributed by atoms with Gasteiger partial charge in [0.15, 0.2) is 0 Å². The summed E-state index contributed by atoms with van der Waals surface area (Å²) in [7, 11) is 0. The summed E-state index contributed by atoms with van der Waals surface area (Å²) in [6.45, 7) is 10.2. The van der Waals surface area contributed by atoms with Crippen LogP contribution >= 0.6 is 0 Å². The third-order valence-electron chi connectivity index (χ3n) is 6.83. The first-order valence-electron chi connectivity index (χ1n) is 11.5. The summed E-state index contributed by atoms with van der Waals surface area (Å²) >= 11 is 0. The maximum absolute atomic E-state index is 13.3. The second-order valence-electron chi connectivity index (χ2n) is 10.4. The Balaban J connectivity index is 1.42. The molecule has 1 spiro atoms. The first-order chi connectivity index (χ1) is 15.5. The minimum atomic E-state index is -0.900. The van der Waals surface area contributed by atoms with Gasteiger partial charge in [-0.25, -0.2) is 9.48 Å². The zero-order chi connectivity index (χ0) is 24.0. The monoisotopic (exact) mass is 451 g/mol. The van der Waals surface area contributed by atoms with Crippen molar-refractivity contribution in [1.82, 2.24) is 25.3 Å². The number of aromatic nitrogens is 2. The lowest BCUT2D eigenvalue weighted by molar-refractivity contribution is -0.137. The molecule has 8 nitrogen and oxygen atoms in total. The maximum Gasteiger partial charge on any atom is 0.325 e. The van der Waals surface area contributed by atoms with Gasteiger partial charge >= 0.3 is 6.03 Å². The van der Waals surface area contributed by atoms with Crippen molar-refractivity contribution in [1.29, 1.82) is 0 Å². The fraction of sp³-hybridized carbons (Fsp3) is 0.520. The van der Waals surface area contributed by atoms with E-state index in [0.29, 0.717) is 18.8 Å². The van der Waals surface area contributed by atoms with Gasteiger partial charge in [-0.2, -0.15) is 5.10 Å². The van der Waals surface area contributed by atoms with Crippen molar-refractivity contribution in [3.63, 3.8) is 0 Å². The van der Waals surface area contributed by atoms with Crippen molar-refractivity contribution in [2.45, 2.75) is 66.0 Å². The van der Waals surface area contributed by atoms with Gasteiger partial charge in [0.05, 0.1) is 11.4 Å². The third kappa shape index (κ3) is 4.38. The van der Waals surface area contributed by atoms with Crippen LogP contribution in [0.15, 0.2) is 30.3 Å². The van der Waals surface area contributed by atoms with Crippen molar-refractivity contribution < 1.29 is 14.4 Å². The van der Waals surface area contributed by atoms with Crippen LogP contribution in [0.1, 0.15) is 57.0 Å². The second-order valence-corrected chi connectivity index (χ2v) is 10.4. The molecular weight excluding hydrogens is 418 g/mol. The van der Waals surface area contributed by atoms with E-state index in [-0.39, 0.29) is 30.3 Å². The molecule has 1 aromatic carbocycles. The molecule has 2 aromatic rings. The minimum Gasteiger partial charge on any atom is -0.350 e. The quantitative estimate of drug-likeness (QED) is 0.682. The summed E-state index contributed by atoms with van der Waals surface area (Å²) in [5.41, 5.74) is 2.68. The van der Waals surface area contributed by atoms with Gasteiger partial charge in [-0.1, -0.05) is 39.0 Å². The van der Waals surface area contributed by atoms with E-state index in [1.807, 2.05) is 48.9 Å². The molecule has 0 bridgehead atoms. The maximum atomic E-state index is 13.3. The minimum absolute atomic E-state index is 0.0488. The summed E-state index contributed by atoms with van der Waals surface area (Å²) in [6.07, 6.45) is 2.20. The van der Waals surface area contributed by atoms with Crippen LogP contribution in [0.5, 0.6) is 0 Å². The number of amides is 4. The zero-order valence-corrected chi connectivity index (χ0v) is 20.1. The van der Waals surface area contributed by atoms with Crippen molar-refractivity contribution in [3.05, 3.63) is 47.3 Å². The zero-order valence-electron chi connectivity index (χ0n) is 20.1. The average Bonchev–Trinajstić information content (AvgIpc) is 3.12. The van der Waals surface area contributed by atoms with E-state index in [0.717, 1.165) is 34.0 Å². The van der Waals surface area contributed by atoms with Crippen molar-refractivity contribution >= 4 is 17.8 Å². The van der Waals surface area contributed by atoms with Gasteiger partial charge in [-0.05, 0) is 56.6 Å².